The van der Waals surface area contributed by atoms with E-state index in [9.17, 15) is 0 Å². The molecule has 110 valence electrons. The number of aryl methyl sites for hydroxylation is 1. The van der Waals surface area contributed by atoms with Crippen molar-refractivity contribution in [2.75, 3.05) is 13.2 Å². The predicted molar refractivity (Wildman–Crippen MR) is 82.9 cm³/mol. The van der Waals surface area contributed by atoms with E-state index in [0.717, 1.165) is 19.2 Å². The maximum Gasteiger partial charge on any atom is 0.0828 e. The third-order valence-electron chi connectivity index (χ3n) is 4.77. The van der Waals surface area contributed by atoms with Crippen LogP contribution in [0, 0.1) is 0 Å². The lowest BCUT2D eigenvalue weighted by Gasteiger charge is -2.27. The van der Waals surface area contributed by atoms with Gasteiger partial charge in [-0.3, -0.25) is 0 Å². The molecule has 2 nitrogen and oxygen atoms in total. The second-order valence-electron chi connectivity index (χ2n) is 6.24. The highest BCUT2D eigenvalue weighted by molar-refractivity contribution is 5.31. The summed E-state index contributed by atoms with van der Waals surface area (Å²) in [6.45, 7) is 1.85. The summed E-state index contributed by atoms with van der Waals surface area (Å²) in [7, 11) is 0. The number of rotatable bonds is 5. The van der Waals surface area contributed by atoms with Gasteiger partial charge < -0.3 is 10.1 Å². The van der Waals surface area contributed by atoms with E-state index in [1.54, 1.807) is 0 Å². The molecule has 2 aliphatic rings. The summed E-state index contributed by atoms with van der Waals surface area (Å²) >= 11 is 0. The van der Waals surface area contributed by atoms with Crippen molar-refractivity contribution in [3.05, 3.63) is 35.4 Å². The highest BCUT2D eigenvalue weighted by Gasteiger charge is 2.20. The van der Waals surface area contributed by atoms with Crippen molar-refractivity contribution >= 4 is 0 Å². The van der Waals surface area contributed by atoms with Gasteiger partial charge in [0.05, 0.1) is 12.7 Å². The van der Waals surface area contributed by atoms with Crippen LogP contribution in [0.15, 0.2) is 24.3 Å². The normalized spacial score (nSPS) is 23.5. The van der Waals surface area contributed by atoms with Crippen LogP contribution >= 0.6 is 0 Å². The Kier molecular flexibility index (Phi) is 5.10. The summed E-state index contributed by atoms with van der Waals surface area (Å²) < 4.78 is 6.14. The highest BCUT2D eigenvalue weighted by Crippen LogP contribution is 2.32. The minimum atomic E-state index is 0.327. The first-order valence-corrected chi connectivity index (χ1v) is 8.36. The summed E-state index contributed by atoms with van der Waals surface area (Å²) in [5.74, 6) is 0. The fourth-order valence-corrected chi connectivity index (χ4v) is 3.65. The quantitative estimate of drug-likeness (QED) is 0.819. The van der Waals surface area contributed by atoms with E-state index < -0.39 is 0 Å². The van der Waals surface area contributed by atoms with Gasteiger partial charge in [0.2, 0.25) is 0 Å². The van der Waals surface area contributed by atoms with Gasteiger partial charge in [0, 0.05) is 12.6 Å². The van der Waals surface area contributed by atoms with E-state index in [1.165, 1.54) is 62.5 Å². The number of ether oxygens (including phenoxy) is 1. The standard InChI is InChI=1S/C18H27NO/c1-2-9-16(10-3-1)19-13-14-20-18-12-6-8-15-7-4-5-11-17(15)18/h4-5,7,11,16,18-19H,1-3,6,8-10,12-14H2. The maximum atomic E-state index is 6.14. The molecule has 0 bridgehead atoms. The van der Waals surface area contributed by atoms with Crippen LogP contribution in [0.3, 0.4) is 0 Å². The van der Waals surface area contributed by atoms with Crippen molar-refractivity contribution in [3.8, 4) is 0 Å². The first-order valence-electron chi connectivity index (χ1n) is 8.36. The lowest BCUT2D eigenvalue weighted by Crippen LogP contribution is -2.33. The molecule has 0 radical (unpaired) electrons. The van der Waals surface area contributed by atoms with Gasteiger partial charge in [0.25, 0.3) is 0 Å². The van der Waals surface area contributed by atoms with Gasteiger partial charge in [-0.15, -0.1) is 0 Å². The summed E-state index contributed by atoms with van der Waals surface area (Å²) in [6, 6.07) is 9.52. The van der Waals surface area contributed by atoms with Crippen LogP contribution in [0.25, 0.3) is 0 Å². The zero-order valence-electron chi connectivity index (χ0n) is 12.4. The van der Waals surface area contributed by atoms with Crippen molar-refractivity contribution in [1.82, 2.24) is 5.32 Å². The Labute approximate surface area is 122 Å². The lowest BCUT2D eigenvalue weighted by molar-refractivity contribution is 0.0410. The summed E-state index contributed by atoms with van der Waals surface area (Å²) in [5, 5.41) is 3.66. The fourth-order valence-electron chi connectivity index (χ4n) is 3.65. The molecular weight excluding hydrogens is 246 g/mol. The molecule has 1 atom stereocenters. The van der Waals surface area contributed by atoms with E-state index in [4.69, 9.17) is 4.74 Å². The Balaban J connectivity index is 1.43. The van der Waals surface area contributed by atoms with E-state index in [0.29, 0.717) is 6.10 Å². The molecule has 20 heavy (non-hydrogen) atoms. The average molecular weight is 273 g/mol. The van der Waals surface area contributed by atoms with E-state index >= 15 is 0 Å². The maximum absolute atomic E-state index is 6.14. The molecule has 1 unspecified atom stereocenters. The first-order chi connectivity index (χ1) is 9.93. The molecule has 0 spiro atoms. The Hall–Kier alpha value is -0.860. The molecule has 0 aliphatic heterocycles. The molecule has 0 heterocycles. The number of hydrogen-bond donors (Lipinski definition) is 1. The molecule has 0 amide bonds. The molecule has 2 heteroatoms. The van der Waals surface area contributed by atoms with Crippen LogP contribution in [0.5, 0.6) is 0 Å². The smallest absolute Gasteiger partial charge is 0.0828 e. The van der Waals surface area contributed by atoms with Crippen LogP contribution in [0.4, 0.5) is 0 Å². The van der Waals surface area contributed by atoms with Gasteiger partial charge in [-0.2, -0.15) is 0 Å². The minimum absolute atomic E-state index is 0.327. The summed E-state index contributed by atoms with van der Waals surface area (Å²) in [6.07, 6.45) is 10.9. The van der Waals surface area contributed by atoms with E-state index in [2.05, 4.69) is 29.6 Å². The zero-order valence-corrected chi connectivity index (χ0v) is 12.4. The second-order valence-corrected chi connectivity index (χ2v) is 6.24. The van der Waals surface area contributed by atoms with Crippen LogP contribution in [-0.2, 0) is 11.2 Å². The zero-order chi connectivity index (χ0) is 13.6. The van der Waals surface area contributed by atoms with Crippen LogP contribution in [0.1, 0.15) is 62.2 Å². The molecule has 1 fully saturated rings. The molecular formula is C18H27NO. The largest absolute Gasteiger partial charge is 0.372 e. The number of hydrogen-bond acceptors (Lipinski definition) is 2. The first kappa shape index (κ1) is 14.1. The van der Waals surface area contributed by atoms with Crippen LogP contribution < -0.4 is 5.32 Å². The Morgan fingerprint density at radius 2 is 1.85 bits per heavy atom. The molecule has 0 aromatic heterocycles. The molecule has 0 saturated heterocycles. The van der Waals surface area contributed by atoms with E-state index in [1.807, 2.05) is 0 Å². The number of benzene rings is 1. The van der Waals surface area contributed by atoms with Gasteiger partial charge >= 0.3 is 0 Å². The van der Waals surface area contributed by atoms with Crippen molar-refractivity contribution < 1.29 is 4.74 Å². The Morgan fingerprint density at radius 3 is 2.75 bits per heavy atom. The minimum Gasteiger partial charge on any atom is -0.372 e. The summed E-state index contributed by atoms with van der Waals surface area (Å²) in [5.41, 5.74) is 2.92. The van der Waals surface area contributed by atoms with E-state index in [-0.39, 0.29) is 0 Å². The van der Waals surface area contributed by atoms with Crippen molar-refractivity contribution in [2.45, 2.75) is 63.5 Å². The van der Waals surface area contributed by atoms with Gasteiger partial charge in [0.15, 0.2) is 0 Å². The highest BCUT2D eigenvalue weighted by atomic mass is 16.5. The Bertz CT molecular complexity index is 412. The average Bonchev–Trinajstić information content (AvgIpc) is 2.53. The van der Waals surface area contributed by atoms with Crippen molar-refractivity contribution in [2.24, 2.45) is 0 Å². The molecule has 1 aromatic carbocycles. The monoisotopic (exact) mass is 273 g/mol. The second kappa shape index (κ2) is 7.24. The SMILES string of the molecule is c1ccc2c(c1)CCCC2OCCNC1CCCCC1. The van der Waals surface area contributed by atoms with Crippen LogP contribution in [0.2, 0.25) is 0 Å². The third kappa shape index (κ3) is 3.62. The third-order valence-corrected chi connectivity index (χ3v) is 4.77. The van der Waals surface area contributed by atoms with Crippen molar-refractivity contribution in [1.29, 1.82) is 0 Å². The van der Waals surface area contributed by atoms with Gasteiger partial charge in [-0.1, -0.05) is 43.5 Å². The molecule has 1 N–H and O–H groups in total. The number of fused-ring (bicyclic) bond motifs is 1. The lowest BCUT2D eigenvalue weighted by atomic mass is 9.89. The van der Waals surface area contributed by atoms with Gasteiger partial charge in [-0.05, 0) is 43.2 Å². The predicted octanol–water partition coefficient (Wildman–Crippen LogP) is 4.00. The van der Waals surface area contributed by atoms with Crippen molar-refractivity contribution in [3.63, 3.8) is 0 Å². The molecule has 2 aliphatic carbocycles. The fraction of sp³-hybridized carbons (Fsp3) is 0.667. The van der Waals surface area contributed by atoms with Gasteiger partial charge in [0.1, 0.15) is 0 Å². The number of nitrogens with one attached hydrogen (secondary N) is 1. The summed E-state index contributed by atoms with van der Waals surface area (Å²) in [4.78, 5) is 0. The molecule has 1 aromatic rings. The molecule has 1 saturated carbocycles. The molecule has 3 rings (SSSR count). The topological polar surface area (TPSA) is 21.3 Å². The van der Waals surface area contributed by atoms with Crippen LogP contribution in [-0.4, -0.2) is 19.2 Å². The Morgan fingerprint density at radius 1 is 1.00 bits per heavy atom. The van der Waals surface area contributed by atoms with Gasteiger partial charge in [-0.25, -0.2) is 0 Å².